The van der Waals surface area contributed by atoms with Crippen LogP contribution in [0, 0.1) is 0 Å². The molecule has 0 heterocycles. The first kappa shape index (κ1) is 18.9. The van der Waals surface area contributed by atoms with Crippen molar-refractivity contribution < 1.29 is 5.11 Å². The van der Waals surface area contributed by atoms with Gasteiger partial charge in [-0.2, -0.15) is 0 Å². The second-order valence-corrected chi connectivity index (χ2v) is 7.10. The van der Waals surface area contributed by atoms with Crippen molar-refractivity contribution in [2.45, 2.75) is 12.0 Å². The number of rotatable bonds is 6. The first-order valence-electron chi connectivity index (χ1n) is 9.93. The van der Waals surface area contributed by atoms with Crippen LogP contribution in [0.4, 0.5) is 0 Å². The highest BCUT2D eigenvalue weighted by Crippen LogP contribution is 2.36. The van der Waals surface area contributed by atoms with Gasteiger partial charge in [-0.3, -0.25) is 0 Å². The fraction of sp³-hybridized carbons (Fsp3) is 0.0714. The molecule has 29 heavy (non-hydrogen) atoms. The zero-order chi connectivity index (χ0) is 19.9. The van der Waals surface area contributed by atoms with E-state index >= 15 is 0 Å². The zero-order valence-corrected chi connectivity index (χ0v) is 16.2. The maximum atomic E-state index is 11.3. The lowest BCUT2D eigenvalue weighted by atomic mass is 9.85. The molecule has 4 rings (SSSR count). The first-order valence-corrected chi connectivity index (χ1v) is 9.93. The fourth-order valence-electron chi connectivity index (χ4n) is 3.68. The highest BCUT2D eigenvalue weighted by molar-refractivity contribution is 5.80. The molecule has 0 saturated carbocycles. The topological polar surface area (TPSA) is 20.2 Å². The molecule has 0 radical (unpaired) electrons. The third-order valence-corrected chi connectivity index (χ3v) is 5.18. The van der Waals surface area contributed by atoms with Crippen LogP contribution in [-0.2, 0) is 0 Å². The highest BCUT2D eigenvalue weighted by Gasteiger charge is 2.22. The van der Waals surface area contributed by atoms with E-state index in [9.17, 15) is 5.11 Å². The SMILES string of the molecule is O[C@@H](c1ccccc1)[C@@H](C=C(c1ccccc1)c1ccccc1)c1ccccc1. The summed E-state index contributed by atoms with van der Waals surface area (Å²) in [6.45, 7) is 0. The van der Waals surface area contributed by atoms with Gasteiger partial charge in [-0.05, 0) is 27.8 Å². The molecule has 1 heteroatoms. The van der Waals surface area contributed by atoms with Crippen molar-refractivity contribution >= 4 is 5.57 Å². The molecule has 0 saturated heterocycles. The van der Waals surface area contributed by atoms with Crippen molar-refractivity contribution in [1.29, 1.82) is 0 Å². The van der Waals surface area contributed by atoms with Gasteiger partial charge in [0.15, 0.2) is 0 Å². The van der Waals surface area contributed by atoms with E-state index in [2.05, 4.69) is 66.7 Å². The Morgan fingerprint density at radius 3 is 1.34 bits per heavy atom. The minimum atomic E-state index is -0.638. The summed E-state index contributed by atoms with van der Waals surface area (Å²) in [4.78, 5) is 0. The third kappa shape index (κ3) is 4.53. The summed E-state index contributed by atoms with van der Waals surface area (Å²) in [5, 5.41) is 11.3. The van der Waals surface area contributed by atoms with Crippen LogP contribution in [0.1, 0.15) is 34.3 Å². The van der Waals surface area contributed by atoms with Crippen molar-refractivity contribution in [3.63, 3.8) is 0 Å². The molecule has 2 atom stereocenters. The maximum Gasteiger partial charge on any atom is 0.0893 e. The van der Waals surface area contributed by atoms with Crippen molar-refractivity contribution in [2.24, 2.45) is 0 Å². The van der Waals surface area contributed by atoms with Crippen molar-refractivity contribution in [3.8, 4) is 0 Å². The third-order valence-electron chi connectivity index (χ3n) is 5.18. The van der Waals surface area contributed by atoms with Crippen LogP contribution in [0.3, 0.4) is 0 Å². The molecule has 0 spiro atoms. The molecule has 1 nitrogen and oxygen atoms in total. The predicted molar refractivity (Wildman–Crippen MR) is 121 cm³/mol. The van der Waals surface area contributed by atoms with Gasteiger partial charge in [-0.15, -0.1) is 0 Å². The molecule has 0 bridgehead atoms. The quantitative estimate of drug-likeness (QED) is 0.400. The summed E-state index contributed by atoms with van der Waals surface area (Å²) in [6, 6.07) is 40.9. The van der Waals surface area contributed by atoms with E-state index < -0.39 is 6.10 Å². The van der Waals surface area contributed by atoms with Crippen LogP contribution in [0.2, 0.25) is 0 Å². The number of aliphatic hydroxyl groups is 1. The average Bonchev–Trinajstić information content (AvgIpc) is 2.82. The second-order valence-electron chi connectivity index (χ2n) is 7.10. The van der Waals surface area contributed by atoms with E-state index in [1.54, 1.807) is 0 Å². The van der Waals surface area contributed by atoms with Gasteiger partial charge in [0.25, 0.3) is 0 Å². The summed E-state index contributed by atoms with van der Waals surface area (Å²) in [5.74, 6) is -0.172. The molecule has 0 unspecified atom stereocenters. The van der Waals surface area contributed by atoms with E-state index in [0.29, 0.717) is 0 Å². The van der Waals surface area contributed by atoms with Gasteiger partial charge in [0.1, 0.15) is 0 Å². The molecule has 0 amide bonds. The van der Waals surface area contributed by atoms with Crippen molar-refractivity contribution in [2.75, 3.05) is 0 Å². The van der Waals surface area contributed by atoms with E-state index in [4.69, 9.17) is 0 Å². The molecular weight excluding hydrogens is 352 g/mol. The molecule has 4 aromatic carbocycles. The Bertz CT molecular complexity index is 997. The number of hydrogen-bond donors (Lipinski definition) is 1. The van der Waals surface area contributed by atoms with Crippen LogP contribution in [0.15, 0.2) is 127 Å². The lowest BCUT2D eigenvalue weighted by Crippen LogP contribution is -2.10. The van der Waals surface area contributed by atoms with Crippen LogP contribution < -0.4 is 0 Å². The zero-order valence-electron chi connectivity index (χ0n) is 16.2. The van der Waals surface area contributed by atoms with Gasteiger partial charge >= 0.3 is 0 Å². The molecule has 0 aromatic heterocycles. The van der Waals surface area contributed by atoms with E-state index in [1.165, 1.54) is 0 Å². The molecule has 4 aromatic rings. The minimum absolute atomic E-state index is 0.172. The predicted octanol–water partition coefficient (Wildman–Crippen LogP) is 6.64. The van der Waals surface area contributed by atoms with E-state index in [0.717, 1.165) is 27.8 Å². The summed E-state index contributed by atoms with van der Waals surface area (Å²) in [6.07, 6.45) is 1.57. The Hall–Kier alpha value is -3.42. The van der Waals surface area contributed by atoms with Crippen LogP contribution in [0.25, 0.3) is 5.57 Å². The van der Waals surface area contributed by atoms with Gasteiger partial charge < -0.3 is 5.11 Å². The Kier molecular flexibility index (Phi) is 5.99. The molecule has 0 aliphatic heterocycles. The molecule has 0 fully saturated rings. The van der Waals surface area contributed by atoms with Crippen LogP contribution in [0.5, 0.6) is 0 Å². The molecular formula is C28H24O. The Morgan fingerprint density at radius 1 is 0.517 bits per heavy atom. The highest BCUT2D eigenvalue weighted by atomic mass is 16.3. The van der Waals surface area contributed by atoms with Crippen molar-refractivity contribution in [3.05, 3.63) is 150 Å². The second kappa shape index (κ2) is 9.18. The Labute approximate surface area is 172 Å². The number of benzene rings is 4. The van der Waals surface area contributed by atoms with Crippen LogP contribution in [-0.4, -0.2) is 5.11 Å². The standard InChI is InChI=1S/C28H24O/c29-28(25-19-11-4-12-20-25)27(24-17-9-3-10-18-24)21-26(22-13-5-1-6-14-22)23-15-7-2-8-16-23/h1-21,27-29H/t27-,28-/m0/s1. The summed E-state index contributed by atoms with van der Waals surface area (Å²) in [7, 11) is 0. The van der Waals surface area contributed by atoms with E-state index in [-0.39, 0.29) is 5.92 Å². The minimum Gasteiger partial charge on any atom is -0.387 e. The number of aliphatic hydroxyl groups excluding tert-OH is 1. The average molecular weight is 376 g/mol. The normalized spacial score (nSPS) is 12.7. The Balaban J connectivity index is 1.86. The van der Waals surface area contributed by atoms with E-state index in [1.807, 2.05) is 60.7 Å². The molecule has 0 aliphatic rings. The fourth-order valence-corrected chi connectivity index (χ4v) is 3.68. The smallest absolute Gasteiger partial charge is 0.0893 e. The van der Waals surface area contributed by atoms with Gasteiger partial charge in [0.05, 0.1) is 6.10 Å². The van der Waals surface area contributed by atoms with Gasteiger partial charge in [0.2, 0.25) is 0 Å². The lowest BCUT2D eigenvalue weighted by molar-refractivity contribution is 0.162. The maximum absolute atomic E-state index is 11.3. The van der Waals surface area contributed by atoms with Gasteiger partial charge in [-0.25, -0.2) is 0 Å². The first-order chi connectivity index (χ1) is 14.3. The molecule has 1 N–H and O–H groups in total. The summed E-state index contributed by atoms with van der Waals surface area (Å²) < 4.78 is 0. The summed E-state index contributed by atoms with van der Waals surface area (Å²) >= 11 is 0. The monoisotopic (exact) mass is 376 g/mol. The van der Waals surface area contributed by atoms with Gasteiger partial charge in [-0.1, -0.05) is 127 Å². The largest absolute Gasteiger partial charge is 0.387 e. The Morgan fingerprint density at radius 2 is 0.897 bits per heavy atom. The number of hydrogen-bond acceptors (Lipinski definition) is 1. The summed E-state index contributed by atoms with van der Waals surface area (Å²) in [5.41, 5.74) is 5.40. The van der Waals surface area contributed by atoms with Gasteiger partial charge in [0, 0.05) is 5.92 Å². The van der Waals surface area contributed by atoms with Crippen molar-refractivity contribution in [1.82, 2.24) is 0 Å². The molecule has 0 aliphatic carbocycles. The molecule has 142 valence electrons. The lowest BCUT2D eigenvalue weighted by Gasteiger charge is -2.23. The van der Waals surface area contributed by atoms with Crippen LogP contribution >= 0.6 is 0 Å².